The van der Waals surface area contributed by atoms with Crippen molar-refractivity contribution in [1.82, 2.24) is 0 Å². The summed E-state index contributed by atoms with van der Waals surface area (Å²) in [7, 11) is 0. The molecule has 4 nitrogen and oxygen atoms in total. The Morgan fingerprint density at radius 3 is 2.59 bits per heavy atom. The number of hydrogen-bond acceptors (Lipinski definition) is 4. The Morgan fingerprint density at radius 2 is 2.00 bits per heavy atom. The van der Waals surface area contributed by atoms with Crippen molar-refractivity contribution in [3.63, 3.8) is 0 Å². The van der Waals surface area contributed by atoms with Crippen molar-refractivity contribution in [3.8, 4) is 0 Å². The van der Waals surface area contributed by atoms with Gasteiger partial charge in [0.15, 0.2) is 12.4 Å². The van der Waals surface area contributed by atoms with Gasteiger partial charge in [-0.3, -0.25) is 4.79 Å². The SMILES string of the molecule is CC(=O)OC(Cc1ccccc1)C1OCCO1. The molecule has 4 heteroatoms. The van der Waals surface area contributed by atoms with E-state index < -0.39 is 6.29 Å². The molecule has 2 rings (SSSR count). The van der Waals surface area contributed by atoms with E-state index >= 15 is 0 Å². The number of carbonyl (C=O) groups is 1. The van der Waals surface area contributed by atoms with Crippen LogP contribution in [0.3, 0.4) is 0 Å². The Morgan fingerprint density at radius 1 is 1.35 bits per heavy atom. The molecule has 1 aromatic carbocycles. The van der Waals surface area contributed by atoms with Gasteiger partial charge in [0.1, 0.15) is 0 Å². The number of ether oxygens (including phenoxy) is 3. The minimum absolute atomic E-state index is 0.315. The maximum absolute atomic E-state index is 11.1. The van der Waals surface area contributed by atoms with Gasteiger partial charge in [-0.15, -0.1) is 0 Å². The lowest BCUT2D eigenvalue weighted by molar-refractivity contribution is -0.171. The van der Waals surface area contributed by atoms with Crippen molar-refractivity contribution in [2.75, 3.05) is 13.2 Å². The van der Waals surface area contributed by atoms with Gasteiger partial charge in [0.25, 0.3) is 0 Å². The third kappa shape index (κ3) is 3.54. The fourth-order valence-corrected chi connectivity index (χ4v) is 1.84. The van der Waals surface area contributed by atoms with Crippen LogP contribution in [0.2, 0.25) is 0 Å². The average Bonchev–Trinajstić information content (AvgIpc) is 2.82. The topological polar surface area (TPSA) is 44.8 Å². The molecular weight excluding hydrogens is 220 g/mol. The highest BCUT2D eigenvalue weighted by molar-refractivity contribution is 5.66. The van der Waals surface area contributed by atoms with Crippen molar-refractivity contribution < 1.29 is 19.0 Å². The summed E-state index contributed by atoms with van der Waals surface area (Å²) in [5.41, 5.74) is 1.10. The summed E-state index contributed by atoms with van der Waals surface area (Å²) >= 11 is 0. The summed E-state index contributed by atoms with van der Waals surface area (Å²) < 4.78 is 16.0. The highest BCUT2D eigenvalue weighted by atomic mass is 16.7. The summed E-state index contributed by atoms with van der Waals surface area (Å²) in [5.74, 6) is -0.315. The maximum atomic E-state index is 11.1. The normalized spacial score (nSPS) is 17.9. The highest BCUT2D eigenvalue weighted by Gasteiger charge is 2.29. The smallest absolute Gasteiger partial charge is 0.303 e. The summed E-state index contributed by atoms with van der Waals surface area (Å²) in [4.78, 5) is 11.1. The highest BCUT2D eigenvalue weighted by Crippen LogP contribution is 2.16. The molecule has 1 aromatic rings. The van der Waals surface area contributed by atoms with Crippen LogP contribution in [0.15, 0.2) is 30.3 Å². The summed E-state index contributed by atoms with van der Waals surface area (Å²) in [6.07, 6.45) is -0.220. The van der Waals surface area contributed by atoms with Crippen molar-refractivity contribution in [3.05, 3.63) is 35.9 Å². The molecule has 17 heavy (non-hydrogen) atoms. The fourth-order valence-electron chi connectivity index (χ4n) is 1.84. The Labute approximate surface area is 100 Å². The second kappa shape index (κ2) is 5.80. The lowest BCUT2D eigenvalue weighted by Crippen LogP contribution is -2.33. The van der Waals surface area contributed by atoms with Crippen LogP contribution in [0.5, 0.6) is 0 Å². The van der Waals surface area contributed by atoms with Gasteiger partial charge < -0.3 is 14.2 Å². The molecule has 1 aliphatic rings. The van der Waals surface area contributed by atoms with Crippen LogP contribution in [0.25, 0.3) is 0 Å². The molecule has 1 heterocycles. The molecule has 92 valence electrons. The molecule has 0 saturated carbocycles. The zero-order valence-corrected chi connectivity index (χ0v) is 9.80. The molecule has 1 atom stereocenters. The van der Waals surface area contributed by atoms with Crippen LogP contribution in [-0.2, 0) is 25.4 Å². The first-order chi connectivity index (χ1) is 8.25. The van der Waals surface area contributed by atoms with Crippen LogP contribution in [0.1, 0.15) is 12.5 Å². The van der Waals surface area contributed by atoms with E-state index in [0.29, 0.717) is 19.6 Å². The van der Waals surface area contributed by atoms with E-state index in [1.54, 1.807) is 0 Å². The summed E-state index contributed by atoms with van der Waals surface area (Å²) in [6.45, 7) is 2.50. The van der Waals surface area contributed by atoms with Gasteiger partial charge in [0.05, 0.1) is 13.2 Å². The predicted molar refractivity (Wildman–Crippen MR) is 61.4 cm³/mol. The number of rotatable bonds is 4. The number of carbonyl (C=O) groups excluding carboxylic acids is 1. The standard InChI is InChI=1S/C13H16O4/c1-10(14)17-12(13-15-7-8-16-13)9-11-5-3-2-4-6-11/h2-6,12-13H,7-9H2,1H3. The molecule has 0 spiro atoms. The largest absolute Gasteiger partial charge is 0.457 e. The second-order valence-corrected chi connectivity index (χ2v) is 3.95. The van der Waals surface area contributed by atoms with Gasteiger partial charge in [-0.25, -0.2) is 0 Å². The quantitative estimate of drug-likeness (QED) is 0.744. The number of benzene rings is 1. The first kappa shape index (κ1) is 12.1. The van der Waals surface area contributed by atoms with E-state index in [2.05, 4.69) is 0 Å². The molecule has 1 fully saturated rings. The minimum atomic E-state index is -0.445. The van der Waals surface area contributed by atoms with Gasteiger partial charge in [0.2, 0.25) is 0 Å². The first-order valence-electron chi connectivity index (χ1n) is 5.70. The van der Waals surface area contributed by atoms with Crippen LogP contribution in [0, 0.1) is 0 Å². The Bertz CT molecular complexity index is 357. The van der Waals surface area contributed by atoms with Crippen LogP contribution in [-0.4, -0.2) is 31.6 Å². The molecule has 0 N–H and O–H groups in total. The van der Waals surface area contributed by atoms with Crippen molar-refractivity contribution in [2.45, 2.75) is 25.7 Å². The molecule has 1 aliphatic heterocycles. The Kier molecular flexibility index (Phi) is 4.12. The monoisotopic (exact) mass is 236 g/mol. The van der Waals surface area contributed by atoms with Gasteiger partial charge in [-0.2, -0.15) is 0 Å². The van der Waals surface area contributed by atoms with E-state index in [-0.39, 0.29) is 12.1 Å². The molecule has 0 amide bonds. The summed E-state index contributed by atoms with van der Waals surface area (Å²) in [6, 6.07) is 9.84. The van der Waals surface area contributed by atoms with Crippen LogP contribution >= 0.6 is 0 Å². The second-order valence-electron chi connectivity index (χ2n) is 3.95. The van der Waals surface area contributed by atoms with E-state index in [9.17, 15) is 4.79 Å². The molecule has 1 saturated heterocycles. The molecule has 1 unspecified atom stereocenters. The average molecular weight is 236 g/mol. The molecule has 0 radical (unpaired) electrons. The van der Waals surface area contributed by atoms with Gasteiger partial charge in [-0.05, 0) is 5.56 Å². The molecule has 0 aromatic heterocycles. The van der Waals surface area contributed by atoms with E-state index in [0.717, 1.165) is 5.56 Å². The lowest BCUT2D eigenvalue weighted by atomic mass is 10.1. The van der Waals surface area contributed by atoms with Crippen molar-refractivity contribution in [1.29, 1.82) is 0 Å². The van der Waals surface area contributed by atoms with Gasteiger partial charge in [0, 0.05) is 13.3 Å². The third-order valence-electron chi connectivity index (χ3n) is 2.55. The fraction of sp³-hybridized carbons (Fsp3) is 0.462. The Balaban J connectivity index is 2.02. The molecular formula is C13H16O4. The third-order valence-corrected chi connectivity index (χ3v) is 2.55. The predicted octanol–water partition coefficient (Wildman–Crippen LogP) is 1.53. The number of hydrogen-bond donors (Lipinski definition) is 0. The van der Waals surface area contributed by atoms with Crippen LogP contribution < -0.4 is 0 Å². The zero-order valence-electron chi connectivity index (χ0n) is 9.80. The number of esters is 1. The Hall–Kier alpha value is -1.39. The minimum Gasteiger partial charge on any atom is -0.457 e. The van der Waals surface area contributed by atoms with E-state index in [4.69, 9.17) is 14.2 Å². The zero-order chi connectivity index (χ0) is 12.1. The van der Waals surface area contributed by atoms with Crippen molar-refractivity contribution >= 4 is 5.97 Å². The maximum Gasteiger partial charge on any atom is 0.303 e. The van der Waals surface area contributed by atoms with Gasteiger partial charge >= 0.3 is 5.97 Å². The lowest BCUT2D eigenvalue weighted by Gasteiger charge is -2.21. The summed E-state index contributed by atoms with van der Waals surface area (Å²) in [5, 5.41) is 0. The van der Waals surface area contributed by atoms with Crippen LogP contribution in [0.4, 0.5) is 0 Å². The van der Waals surface area contributed by atoms with Gasteiger partial charge in [-0.1, -0.05) is 30.3 Å². The van der Waals surface area contributed by atoms with Crippen molar-refractivity contribution in [2.24, 2.45) is 0 Å². The first-order valence-corrected chi connectivity index (χ1v) is 5.70. The van der Waals surface area contributed by atoms with E-state index in [1.807, 2.05) is 30.3 Å². The molecule has 0 aliphatic carbocycles. The molecule has 0 bridgehead atoms. The van der Waals surface area contributed by atoms with E-state index in [1.165, 1.54) is 6.92 Å².